The molecule has 0 aliphatic heterocycles. The monoisotopic (exact) mass is 264 g/mol. The van der Waals surface area contributed by atoms with E-state index in [2.05, 4.69) is 33.5 Å². The van der Waals surface area contributed by atoms with E-state index in [1.165, 1.54) is 42.3 Å². The summed E-state index contributed by atoms with van der Waals surface area (Å²) in [7, 11) is 0. The SMILES string of the molecule is N#Cc1cc(NCCc2ccc3c(c2)CCC3)ncn1. The summed E-state index contributed by atoms with van der Waals surface area (Å²) in [5.74, 6) is 0.706. The van der Waals surface area contributed by atoms with E-state index in [-0.39, 0.29) is 0 Å². The van der Waals surface area contributed by atoms with E-state index in [9.17, 15) is 0 Å². The number of benzene rings is 1. The number of fused-ring (bicyclic) bond motifs is 1. The molecule has 0 amide bonds. The maximum absolute atomic E-state index is 8.79. The first-order valence-corrected chi connectivity index (χ1v) is 6.92. The number of hydrogen-bond donors (Lipinski definition) is 1. The predicted molar refractivity (Wildman–Crippen MR) is 77.4 cm³/mol. The van der Waals surface area contributed by atoms with Gasteiger partial charge in [0.15, 0.2) is 0 Å². The van der Waals surface area contributed by atoms with Gasteiger partial charge in [-0.1, -0.05) is 18.2 Å². The molecule has 0 saturated heterocycles. The van der Waals surface area contributed by atoms with Gasteiger partial charge in [0.05, 0.1) is 0 Å². The molecule has 0 atom stereocenters. The molecule has 2 aromatic rings. The normalized spacial score (nSPS) is 12.8. The predicted octanol–water partition coefficient (Wildman–Crippen LogP) is 2.49. The Labute approximate surface area is 118 Å². The molecule has 4 nitrogen and oxygen atoms in total. The second-order valence-electron chi connectivity index (χ2n) is 5.03. The highest BCUT2D eigenvalue weighted by atomic mass is 15.0. The largest absolute Gasteiger partial charge is 0.370 e. The highest BCUT2D eigenvalue weighted by Gasteiger charge is 2.10. The van der Waals surface area contributed by atoms with Gasteiger partial charge in [-0.25, -0.2) is 9.97 Å². The Morgan fingerprint density at radius 3 is 2.95 bits per heavy atom. The highest BCUT2D eigenvalue weighted by molar-refractivity contribution is 5.39. The smallest absolute Gasteiger partial charge is 0.145 e. The molecule has 1 aromatic heterocycles. The van der Waals surface area contributed by atoms with Crippen molar-refractivity contribution < 1.29 is 0 Å². The number of aryl methyl sites for hydroxylation is 2. The molecule has 20 heavy (non-hydrogen) atoms. The lowest BCUT2D eigenvalue weighted by Crippen LogP contribution is -2.07. The van der Waals surface area contributed by atoms with Crippen molar-refractivity contribution in [3.8, 4) is 6.07 Å². The molecule has 1 N–H and O–H groups in total. The van der Waals surface area contributed by atoms with E-state index >= 15 is 0 Å². The van der Waals surface area contributed by atoms with Gasteiger partial charge in [-0.2, -0.15) is 5.26 Å². The Hall–Kier alpha value is -2.41. The molecule has 0 fully saturated rings. The maximum atomic E-state index is 8.79. The van der Waals surface area contributed by atoms with Gasteiger partial charge in [0, 0.05) is 12.6 Å². The van der Waals surface area contributed by atoms with E-state index in [1.54, 1.807) is 6.07 Å². The van der Waals surface area contributed by atoms with Gasteiger partial charge < -0.3 is 5.32 Å². The van der Waals surface area contributed by atoms with Crippen LogP contribution >= 0.6 is 0 Å². The zero-order valence-corrected chi connectivity index (χ0v) is 11.3. The Balaban J connectivity index is 1.58. The lowest BCUT2D eigenvalue weighted by molar-refractivity contribution is 0.911. The summed E-state index contributed by atoms with van der Waals surface area (Å²) >= 11 is 0. The third kappa shape index (κ3) is 2.77. The third-order valence-electron chi connectivity index (χ3n) is 3.66. The first-order valence-electron chi connectivity index (χ1n) is 6.92. The van der Waals surface area contributed by atoms with Crippen LogP contribution in [0.15, 0.2) is 30.6 Å². The first-order chi connectivity index (χ1) is 9.85. The van der Waals surface area contributed by atoms with Crippen LogP contribution in [0.4, 0.5) is 5.82 Å². The number of aromatic nitrogens is 2. The standard InChI is InChI=1S/C16H16N4/c17-10-15-9-16(20-11-19-15)18-7-6-12-4-5-13-2-1-3-14(13)8-12/h4-5,8-9,11H,1-3,6-7H2,(H,18,19,20). The average molecular weight is 264 g/mol. The van der Waals surface area contributed by atoms with Crippen molar-refractivity contribution in [1.82, 2.24) is 9.97 Å². The third-order valence-corrected chi connectivity index (χ3v) is 3.66. The van der Waals surface area contributed by atoms with Crippen molar-refractivity contribution in [1.29, 1.82) is 5.26 Å². The van der Waals surface area contributed by atoms with Gasteiger partial charge in [-0.3, -0.25) is 0 Å². The molecule has 1 aromatic carbocycles. The van der Waals surface area contributed by atoms with E-state index in [4.69, 9.17) is 5.26 Å². The quantitative estimate of drug-likeness (QED) is 0.921. The van der Waals surface area contributed by atoms with Crippen LogP contribution in [-0.2, 0) is 19.3 Å². The lowest BCUT2D eigenvalue weighted by atomic mass is 10.0. The van der Waals surface area contributed by atoms with Gasteiger partial charge in [0.1, 0.15) is 23.9 Å². The van der Waals surface area contributed by atoms with E-state index in [1.807, 2.05) is 6.07 Å². The Bertz CT molecular complexity index is 658. The van der Waals surface area contributed by atoms with E-state index in [0.29, 0.717) is 11.5 Å². The molecule has 1 heterocycles. The van der Waals surface area contributed by atoms with Gasteiger partial charge in [0.25, 0.3) is 0 Å². The second-order valence-corrected chi connectivity index (χ2v) is 5.03. The Morgan fingerprint density at radius 1 is 1.15 bits per heavy atom. The summed E-state index contributed by atoms with van der Waals surface area (Å²) in [6.45, 7) is 0.806. The van der Waals surface area contributed by atoms with Crippen molar-refractivity contribution in [2.75, 3.05) is 11.9 Å². The zero-order chi connectivity index (χ0) is 13.8. The number of hydrogen-bond acceptors (Lipinski definition) is 4. The summed E-state index contributed by atoms with van der Waals surface area (Å²) in [6.07, 6.45) is 6.10. The minimum Gasteiger partial charge on any atom is -0.370 e. The fraction of sp³-hybridized carbons (Fsp3) is 0.312. The topological polar surface area (TPSA) is 61.6 Å². The minimum absolute atomic E-state index is 0.389. The highest BCUT2D eigenvalue weighted by Crippen LogP contribution is 2.22. The fourth-order valence-electron chi connectivity index (χ4n) is 2.63. The van der Waals surface area contributed by atoms with Gasteiger partial charge in [0.2, 0.25) is 0 Å². The van der Waals surface area contributed by atoms with Gasteiger partial charge in [-0.15, -0.1) is 0 Å². The number of nitrogens with one attached hydrogen (secondary N) is 1. The molecular formula is C16H16N4. The van der Waals surface area contributed by atoms with Crippen LogP contribution in [0, 0.1) is 11.3 Å². The maximum Gasteiger partial charge on any atom is 0.145 e. The summed E-state index contributed by atoms with van der Waals surface area (Å²) < 4.78 is 0. The van der Waals surface area contributed by atoms with E-state index < -0.39 is 0 Å². The lowest BCUT2D eigenvalue weighted by Gasteiger charge is -2.07. The molecule has 0 bridgehead atoms. The summed E-state index contributed by atoms with van der Waals surface area (Å²) in [5.41, 5.74) is 4.76. The number of nitriles is 1. The Kier molecular flexibility index (Phi) is 3.60. The summed E-state index contributed by atoms with van der Waals surface area (Å²) in [5, 5.41) is 12.0. The minimum atomic E-state index is 0.389. The molecule has 0 saturated carbocycles. The molecule has 4 heteroatoms. The first kappa shape index (κ1) is 12.6. The van der Waals surface area contributed by atoms with Gasteiger partial charge in [-0.05, 0) is 42.4 Å². The second kappa shape index (κ2) is 5.70. The molecular weight excluding hydrogens is 248 g/mol. The van der Waals surface area contributed by atoms with Crippen molar-refractivity contribution >= 4 is 5.82 Å². The van der Waals surface area contributed by atoms with Crippen molar-refractivity contribution in [3.63, 3.8) is 0 Å². The number of rotatable bonds is 4. The number of anilines is 1. The molecule has 100 valence electrons. The fourth-order valence-corrected chi connectivity index (χ4v) is 2.63. The van der Waals surface area contributed by atoms with Gasteiger partial charge >= 0.3 is 0 Å². The van der Waals surface area contributed by atoms with Crippen molar-refractivity contribution in [3.05, 3.63) is 53.0 Å². The molecule has 0 radical (unpaired) electrons. The zero-order valence-electron chi connectivity index (χ0n) is 11.3. The summed E-state index contributed by atoms with van der Waals surface area (Å²) in [4.78, 5) is 7.95. The van der Waals surface area contributed by atoms with E-state index in [0.717, 1.165) is 13.0 Å². The molecule has 3 rings (SSSR count). The average Bonchev–Trinajstić information content (AvgIpc) is 2.95. The van der Waals surface area contributed by atoms with Crippen LogP contribution in [-0.4, -0.2) is 16.5 Å². The van der Waals surface area contributed by atoms with Crippen molar-refractivity contribution in [2.45, 2.75) is 25.7 Å². The molecule has 1 aliphatic carbocycles. The summed E-state index contributed by atoms with van der Waals surface area (Å²) in [6, 6.07) is 10.5. The van der Waals surface area contributed by atoms with Crippen LogP contribution in [0.5, 0.6) is 0 Å². The van der Waals surface area contributed by atoms with Crippen LogP contribution < -0.4 is 5.32 Å². The van der Waals surface area contributed by atoms with Crippen molar-refractivity contribution in [2.24, 2.45) is 0 Å². The van der Waals surface area contributed by atoms with Crippen LogP contribution in [0.1, 0.15) is 28.8 Å². The Morgan fingerprint density at radius 2 is 2.05 bits per heavy atom. The molecule has 1 aliphatic rings. The molecule has 0 spiro atoms. The number of nitrogens with zero attached hydrogens (tertiary/aromatic N) is 3. The molecule has 0 unspecified atom stereocenters. The van der Waals surface area contributed by atoms with Crippen LogP contribution in [0.3, 0.4) is 0 Å². The van der Waals surface area contributed by atoms with Crippen LogP contribution in [0.25, 0.3) is 0 Å². The van der Waals surface area contributed by atoms with Crippen LogP contribution in [0.2, 0.25) is 0 Å².